The molecule has 0 saturated carbocycles. The Balaban J connectivity index is 1.83. The minimum atomic E-state index is -0.428. The summed E-state index contributed by atoms with van der Waals surface area (Å²) in [6, 6.07) is 3.85. The zero-order valence-electron chi connectivity index (χ0n) is 11.4. The molecule has 1 aromatic carbocycles. The second-order valence-corrected chi connectivity index (χ2v) is 5.32. The molecule has 4 nitrogen and oxygen atoms in total. The van der Waals surface area contributed by atoms with Crippen LogP contribution in [-0.4, -0.2) is 44.1 Å². The molecule has 0 aliphatic carbocycles. The number of benzene rings is 1. The zero-order valence-corrected chi connectivity index (χ0v) is 12.1. The Labute approximate surface area is 122 Å². The van der Waals surface area contributed by atoms with Gasteiger partial charge in [0.1, 0.15) is 11.6 Å². The third kappa shape index (κ3) is 3.84. The number of carbonyl (C=O) groups excluding carboxylic acids is 1. The molecule has 6 heteroatoms. The van der Waals surface area contributed by atoms with Crippen molar-refractivity contribution >= 4 is 17.5 Å². The van der Waals surface area contributed by atoms with Gasteiger partial charge in [-0.05, 0) is 44.1 Å². The third-order valence-electron chi connectivity index (χ3n) is 3.38. The molecular weight excluding hydrogens is 283 g/mol. The van der Waals surface area contributed by atoms with Crippen LogP contribution in [0.1, 0.15) is 6.42 Å². The molecule has 0 aromatic heterocycles. The fraction of sp³-hybridized carbons (Fsp3) is 0.500. The highest BCUT2D eigenvalue weighted by atomic mass is 35.5. The van der Waals surface area contributed by atoms with Crippen molar-refractivity contribution in [1.82, 2.24) is 10.2 Å². The molecule has 1 heterocycles. The standard InChI is InChI=1S/C14H18ClFN2O2/c1-17-7-10-4-5-18(8-10)14(19)9-20-13-3-2-11(16)6-12(13)15/h2-3,6,10,17H,4-5,7-9H2,1H3. The normalized spacial score (nSPS) is 18.4. The number of nitrogens with one attached hydrogen (secondary N) is 1. The van der Waals surface area contributed by atoms with E-state index >= 15 is 0 Å². The molecule has 1 aliphatic rings. The van der Waals surface area contributed by atoms with Crippen LogP contribution in [0.3, 0.4) is 0 Å². The number of nitrogens with zero attached hydrogens (tertiary/aromatic N) is 1. The van der Waals surface area contributed by atoms with Crippen LogP contribution in [0, 0.1) is 11.7 Å². The van der Waals surface area contributed by atoms with E-state index in [1.807, 2.05) is 7.05 Å². The van der Waals surface area contributed by atoms with Gasteiger partial charge in [-0.2, -0.15) is 0 Å². The maximum atomic E-state index is 12.9. The summed E-state index contributed by atoms with van der Waals surface area (Å²) >= 11 is 5.84. The van der Waals surface area contributed by atoms with E-state index < -0.39 is 5.82 Å². The largest absolute Gasteiger partial charge is 0.482 e. The van der Waals surface area contributed by atoms with Gasteiger partial charge in [0.05, 0.1) is 5.02 Å². The van der Waals surface area contributed by atoms with Crippen molar-refractivity contribution in [2.75, 3.05) is 33.3 Å². The lowest BCUT2D eigenvalue weighted by Crippen LogP contribution is -2.34. The van der Waals surface area contributed by atoms with Crippen LogP contribution >= 0.6 is 11.6 Å². The first-order valence-corrected chi connectivity index (χ1v) is 6.98. The van der Waals surface area contributed by atoms with Gasteiger partial charge in [0, 0.05) is 13.1 Å². The van der Waals surface area contributed by atoms with Gasteiger partial charge >= 0.3 is 0 Å². The van der Waals surface area contributed by atoms with Gasteiger partial charge in [-0.3, -0.25) is 4.79 Å². The molecule has 110 valence electrons. The summed E-state index contributed by atoms with van der Waals surface area (Å²) in [4.78, 5) is 13.8. The van der Waals surface area contributed by atoms with Crippen LogP contribution < -0.4 is 10.1 Å². The van der Waals surface area contributed by atoms with Crippen LogP contribution in [0.5, 0.6) is 5.75 Å². The first-order valence-electron chi connectivity index (χ1n) is 6.60. The average molecular weight is 301 g/mol. The van der Waals surface area contributed by atoms with Crippen LogP contribution in [0.25, 0.3) is 0 Å². The van der Waals surface area contributed by atoms with E-state index in [4.69, 9.17) is 16.3 Å². The average Bonchev–Trinajstić information content (AvgIpc) is 2.86. The number of hydrogen-bond acceptors (Lipinski definition) is 3. The van der Waals surface area contributed by atoms with E-state index in [0.29, 0.717) is 11.7 Å². The molecule has 0 bridgehead atoms. The summed E-state index contributed by atoms with van der Waals surface area (Å²) in [5.41, 5.74) is 0. The van der Waals surface area contributed by atoms with Gasteiger partial charge < -0.3 is 15.0 Å². The Kier molecular flexibility index (Phi) is 5.20. The summed E-state index contributed by atoms with van der Waals surface area (Å²) in [7, 11) is 1.91. The molecular formula is C14H18ClFN2O2. The number of rotatable bonds is 5. The molecule has 1 fully saturated rings. The molecule has 1 aliphatic heterocycles. The number of likely N-dealkylation sites (tertiary alicyclic amines) is 1. The Morgan fingerprint density at radius 1 is 1.60 bits per heavy atom. The molecule has 2 rings (SSSR count). The number of hydrogen-bond donors (Lipinski definition) is 1. The molecule has 1 amide bonds. The Morgan fingerprint density at radius 2 is 2.40 bits per heavy atom. The molecule has 1 unspecified atom stereocenters. The highest BCUT2D eigenvalue weighted by molar-refractivity contribution is 6.32. The van der Waals surface area contributed by atoms with Crippen LogP contribution in [0.4, 0.5) is 4.39 Å². The Bertz CT molecular complexity index is 484. The molecule has 20 heavy (non-hydrogen) atoms. The molecule has 1 atom stereocenters. The molecule has 1 aromatic rings. The van der Waals surface area contributed by atoms with Crippen molar-refractivity contribution in [1.29, 1.82) is 0 Å². The third-order valence-corrected chi connectivity index (χ3v) is 3.67. The van der Waals surface area contributed by atoms with Gasteiger partial charge in [-0.15, -0.1) is 0 Å². The quantitative estimate of drug-likeness (QED) is 0.903. The van der Waals surface area contributed by atoms with Gasteiger partial charge in [-0.25, -0.2) is 4.39 Å². The van der Waals surface area contributed by atoms with E-state index in [2.05, 4.69) is 5.32 Å². The highest BCUT2D eigenvalue weighted by Gasteiger charge is 2.25. The number of halogens is 2. The number of ether oxygens (including phenoxy) is 1. The van der Waals surface area contributed by atoms with Crippen molar-refractivity contribution < 1.29 is 13.9 Å². The summed E-state index contributed by atoms with van der Waals surface area (Å²) in [5, 5.41) is 3.29. The lowest BCUT2D eigenvalue weighted by atomic mass is 10.1. The van der Waals surface area contributed by atoms with Gasteiger partial charge in [0.2, 0.25) is 0 Å². The molecule has 0 radical (unpaired) electrons. The van der Waals surface area contributed by atoms with Crippen molar-refractivity contribution in [3.63, 3.8) is 0 Å². The summed E-state index contributed by atoms with van der Waals surface area (Å²) in [6.07, 6.45) is 1.00. The second kappa shape index (κ2) is 6.90. The van der Waals surface area contributed by atoms with E-state index in [1.165, 1.54) is 18.2 Å². The van der Waals surface area contributed by atoms with Crippen molar-refractivity contribution in [3.8, 4) is 5.75 Å². The van der Waals surface area contributed by atoms with Gasteiger partial charge in [-0.1, -0.05) is 11.6 Å². The summed E-state index contributed by atoms with van der Waals surface area (Å²) < 4.78 is 18.2. The summed E-state index contributed by atoms with van der Waals surface area (Å²) in [5.74, 6) is 0.331. The van der Waals surface area contributed by atoms with Crippen molar-refractivity contribution in [3.05, 3.63) is 29.0 Å². The minimum Gasteiger partial charge on any atom is -0.482 e. The maximum Gasteiger partial charge on any atom is 0.260 e. The maximum absolute atomic E-state index is 12.9. The topological polar surface area (TPSA) is 41.6 Å². The van der Waals surface area contributed by atoms with Crippen LogP contribution in [0.2, 0.25) is 5.02 Å². The van der Waals surface area contributed by atoms with Crippen molar-refractivity contribution in [2.45, 2.75) is 6.42 Å². The van der Waals surface area contributed by atoms with E-state index in [9.17, 15) is 9.18 Å². The second-order valence-electron chi connectivity index (χ2n) is 4.92. The van der Waals surface area contributed by atoms with Crippen molar-refractivity contribution in [2.24, 2.45) is 5.92 Å². The number of amides is 1. The number of carbonyl (C=O) groups is 1. The van der Waals surface area contributed by atoms with E-state index in [1.54, 1.807) is 4.90 Å². The smallest absolute Gasteiger partial charge is 0.260 e. The lowest BCUT2D eigenvalue weighted by molar-refractivity contribution is -0.132. The Morgan fingerprint density at radius 3 is 3.10 bits per heavy atom. The lowest BCUT2D eigenvalue weighted by Gasteiger charge is -2.17. The fourth-order valence-electron chi connectivity index (χ4n) is 2.34. The predicted molar refractivity (Wildman–Crippen MR) is 75.5 cm³/mol. The van der Waals surface area contributed by atoms with Crippen LogP contribution in [-0.2, 0) is 4.79 Å². The van der Waals surface area contributed by atoms with Gasteiger partial charge in [0.25, 0.3) is 5.91 Å². The molecule has 0 spiro atoms. The van der Waals surface area contributed by atoms with E-state index in [0.717, 1.165) is 26.1 Å². The highest BCUT2D eigenvalue weighted by Crippen LogP contribution is 2.25. The van der Waals surface area contributed by atoms with Crippen LogP contribution in [0.15, 0.2) is 18.2 Å². The summed E-state index contributed by atoms with van der Waals surface area (Å²) in [6.45, 7) is 2.35. The molecule has 1 N–H and O–H groups in total. The first kappa shape index (κ1) is 15.1. The zero-order chi connectivity index (χ0) is 14.5. The van der Waals surface area contributed by atoms with Gasteiger partial charge in [0.15, 0.2) is 6.61 Å². The fourth-order valence-corrected chi connectivity index (χ4v) is 2.56. The predicted octanol–water partition coefficient (Wildman–Crippen LogP) is 1.93. The van der Waals surface area contributed by atoms with E-state index in [-0.39, 0.29) is 17.5 Å². The first-order chi connectivity index (χ1) is 9.60. The monoisotopic (exact) mass is 300 g/mol. The SMILES string of the molecule is CNCC1CCN(C(=O)COc2ccc(F)cc2Cl)C1. The molecule has 1 saturated heterocycles. The Hall–Kier alpha value is -1.33. The minimum absolute atomic E-state index is 0.0657.